The van der Waals surface area contributed by atoms with Crippen LogP contribution in [-0.2, 0) is 14.3 Å². The summed E-state index contributed by atoms with van der Waals surface area (Å²) in [5, 5.41) is 2.80. The van der Waals surface area contributed by atoms with E-state index in [0.717, 1.165) is 21.7 Å². The van der Waals surface area contributed by atoms with E-state index in [0.29, 0.717) is 0 Å². The predicted molar refractivity (Wildman–Crippen MR) is 98.2 cm³/mol. The van der Waals surface area contributed by atoms with Crippen LogP contribution in [0.1, 0.15) is 27.8 Å². The SMILES string of the molecule is Cc1ccc(C)c(NC(=O)[C@@H](C)OC(=O)/C=C/c2ccc(C)s2)c1. The van der Waals surface area contributed by atoms with E-state index in [4.69, 9.17) is 4.74 Å². The Bertz CT molecular complexity index is 777. The molecule has 1 amide bonds. The third-order valence-electron chi connectivity index (χ3n) is 3.46. The molecule has 0 aliphatic carbocycles. The minimum atomic E-state index is -0.868. The zero-order valence-corrected chi connectivity index (χ0v) is 15.1. The molecule has 1 N–H and O–H groups in total. The number of aryl methyl sites for hydroxylation is 3. The lowest BCUT2D eigenvalue weighted by Crippen LogP contribution is -2.29. The fourth-order valence-corrected chi connectivity index (χ4v) is 2.85. The number of nitrogens with one attached hydrogen (secondary N) is 1. The second-order valence-corrected chi connectivity index (χ2v) is 6.99. The molecule has 0 aliphatic rings. The first-order valence-corrected chi connectivity index (χ1v) is 8.50. The van der Waals surface area contributed by atoms with Crippen molar-refractivity contribution in [3.05, 3.63) is 57.3 Å². The van der Waals surface area contributed by atoms with E-state index in [1.165, 1.54) is 11.0 Å². The zero-order valence-electron chi connectivity index (χ0n) is 14.3. The quantitative estimate of drug-likeness (QED) is 0.652. The van der Waals surface area contributed by atoms with Gasteiger partial charge < -0.3 is 10.1 Å². The Morgan fingerprint density at radius 3 is 2.58 bits per heavy atom. The summed E-state index contributed by atoms with van der Waals surface area (Å²) in [7, 11) is 0. The maximum absolute atomic E-state index is 12.2. The minimum absolute atomic E-state index is 0.350. The normalized spacial score (nSPS) is 12.2. The van der Waals surface area contributed by atoms with Crippen LogP contribution in [0, 0.1) is 20.8 Å². The molecule has 126 valence electrons. The van der Waals surface area contributed by atoms with E-state index in [1.807, 2.05) is 51.1 Å². The summed E-state index contributed by atoms with van der Waals surface area (Å²) in [5.41, 5.74) is 2.74. The molecule has 0 unspecified atom stereocenters. The van der Waals surface area contributed by atoms with Gasteiger partial charge in [0.2, 0.25) is 0 Å². The van der Waals surface area contributed by atoms with Crippen LogP contribution >= 0.6 is 11.3 Å². The molecule has 0 saturated heterocycles. The van der Waals surface area contributed by atoms with Gasteiger partial charge in [-0.05, 0) is 63.1 Å². The van der Waals surface area contributed by atoms with Gasteiger partial charge in [-0.2, -0.15) is 0 Å². The molecule has 1 atom stereocenters. The molecule has 4 nitrogen and oxygen atoms in total. The predicted octanol–water partition coefficient (Wildman–Crippen LogP) is 4.26. The molecule has 1 aromatic carbocycles. The van der Waals surface area contributed by atoms with Gasteiger partial charge >= 0.3 is 5.97 Å². The van der Waals surface area contributed by atoms with Gasteiger partial charge in [0.05, 0.1) is 0 Å². The number of hydrogen-bond acceptors (Lipinski definition) is 4. The maximum atomic E-state index is 12.2. The van der Waals surface area contributed by atoms with E-state index >= 15 is 0 Å². The van der Waals surface area contributed by atoms with Crippen molar-refractivity contribution in [2.24, 2.45) is 0 Å². The van der Waals surface area contributed by atoms with E-state index in [9.17, 15) is 9.59 Å². The van der Waals surface area contributed by atoms with E-state index < -0.39 is 12.1 Å². The van der Waals surface area contributed by atoms with Crippen molar-refractivity contribution < 1.29 is 14.3 Å². The lowest BCUT2D eigenvalue weighted by molar-refractivity contribution is -0.148. The van der Waals surface area contributed by atoms with Crippen LogP contribution in [0.4, 0.5) is 5.69 Å². The summed E-state index contributed by atoms with van der Waals surface area (Å²) >= 11 is 1.59. The van der Waals surface area contributed by atoms with Gasteiger partial charge in [0.1, 0.15) is 0 Å². The third kappa shape index (κ3) is 5.06. The van der Waals surface area contributed by atoms with Crippen molar-refractivity contribution in [1.82, 2.24) is 0 Å². The second-order valence-electron chi connectivity index (χ2n) is 5.67. The van der Waals surface area contributed by atoms with Crippen LogP contribution in [0.25, 0.3) is 6.08 Å². The summed E-state index contributed by atoms with van der Waals surface area (Å²) in [6.07, 6.45) is 2.16. The summed E-state index contributed by atoms with van der Waals surface area (Å²) in [6, 6.07) is 9.72. The van der Waals surface area contributed by atoms with E-state index in [-0.39, 0.29) is 5.91 Å². The lowest BCUT2D eigenvalue weighted by atomic mass is 10.1. The Labute approximate surface area is 146 Å². The van der Waals surface area contributed by atoms with Gasteiger partial charge in [0, 0.05) is 21.5 Å². The Morgan fingerprint density at radius 2 is 1.92 bits per heavy atom. The number of hydrogen-bond donors (Lipinski definition) is 1. The highest BCUT2D eigenvalue weighted by Crippen LogP contribution is 2.18. The van der Waals surface area contributed by atoms with Crippen LogP contribution in [0.3, 0.4) is 0 Å². The lowest BCUT2D eigenvalue weighted by Gasteiger charge is -2.14. The number of esters is 1. The van der Waals surface area contributed by atoms with E-state index in [1.54, 1.807) is 24.3 Å². The number of rotatable bonds is 5. The number of amides is 1. The maximum Gasteiger partial charge on any atom is 0.331 e. The van der Waals surface area contributed by atoms with Crippen molar-refractivity contribution in [1.29, 1.82) is 0 Å². The van der Waals surface area contributed by atoms with Crippen LogP contribution in [-0.4, -0.2) is 18.0 Å². The molecular formula is C19H21NO3S. The van der Waals surface area contributed by atoms with Crippen LogP contribution in [0.15, 0.2) is 36.4 Å². The molecule has 2 rings (SSSR count). The van der Waals surface area contributed by atoms with Gasteiger partial charge in [-0.25, -0.2) is 4.79 Å². The number of carbonyl (C=O) groups is 2. The van der Waals surface area contributed by atoms with Crippen molar-refractivity contribution >= 4 is 35.0 Å². The van der Waals surface area contributed by atoms with Gasteiger partial charge in [0.25, 0.3) is 5.91 Å². The summed E-state index contributed by atoms with van der Waals surface area (Å²) in [5.74, 6) is -0.887. The Morgan fingerprint density at radius 1 is 1.17 bits per heavy atom. The van der Waals surface area contributed by atoms with Gasteiger partial charge in [-0.3, -0.25) is 4.79 Å². The van der Waals surface area contributed by atoms with Gasteiger partial charge in [-0.15, -0.1) is 11.3 Å². The monoisotopic (exact) mass is 343 g/mol. The number of thiophene rings is 1. The molecule has 0 saturated carbocycles. The van der Waals surface area contributed by atoms with E-state index in [2.05, 4.69) is 5.32 Å². The minimum Gasteiger partial charge on any atom is -0.449 e. The second kappa shape index (κ2) is 7.93. The van der Waals surface area contributed by atoms with Crippen LogP contribution < -0.4 is 5.32 Å². The Balaban J connectivity index is 1.92. The first-order chi connectivity index (χ1) is 11.3. The first-order valence-electron chi connectivity index (χ1n) is 7.68. The molecule has 1 aromatic heterocycles. The highest BCUT2D eigenvalue weighted by Gasteiger charge is 2.17. The molecule has 24 heavy (non-hydrogen) atoms. The largest absolute Gasteiger partial charge is 0.449 e. The molecule has 1 heterocycles. The Kier molecular flexibility index (Phi) is 5.93. The Hall–Kier alpha value is -2.40. The summed E-state index contributed by atoms with van der Waals surface area (Å²) in [6.45, 7) is 7.43. The standard InChI is InChI=1S/C19H21NO3S/c1-12-5-6-13(2)17(11-12)20-19(22)15(4)23-18(21)10-9-16-8-7-14(3)24-16/h5-11,15H,1-4H3,(H,20,22)/b10-9+/t15-/m1/s1. The first kappa shape index (κ1) is 17.9. The fourth-order valence-electron chi connectivity index (χ4n) is 2.07. The fraction of sp³-hybridized carbons (Fsp3) is 0.263. The molecule has 0 spiro atoms. The number of carbonyl (C=O) groups excluding carboxylic acids is 2. The van der Waals surface area contributed by atoms with Crippen molar-refractivity contribution in [3.8, 4) is 0 Å². The summed E-state index contributed by atoms with van der Waals surface area (Å²) in [4.78, 5) is 26.1. The van der Waals surface area contributed by atoms with Crippen LogP contribution in [0.5, 0.6) is 0 Å². The molecule has 5 heteroatoms. The number of benzene rings is 1. The third-order valence-corrected chi connectivity index (χ3v) is 4.42. The number of ether oxygens (including phenoxy) is 1. The molecular weight excluding hydrogens is 322 g/mol. The number of anilines is 1. The molecule has 0 fully saturated rings. The average Bonchev–Trinajstić information content (AvgIpc) is 2.94. The molecule has 2 aromatic rings. The molecule has 0 radical (unpaired) electrons. The van der Waals surface area contributed by atoms with Crippen molar-refractivity contribution in [3.63, 3.8) is 0 Å². The highest BCUT2D eigenvalue weighted by molar-refractivity contribution is 7.12. The smallest absolute Gasteiger partial charge is 0.331 e. The average molecular weight is 343 g/mol. The zero-order chi connectivity index (χ0) is 17.7. The summed E-state index contributed by atoms with van der Waals surface area (Å²) < 4.78 is 5.15. The topological polar surface area (TPSA) is 55.4 Å². The highest BCUT2D eigenvalue weighted by atomic mass is 32.1. The molecule has 0 bridgehead atoms. The van der Waals surface area contributed by atoms with Gasteiger partial charge in [-0.1, -0.05) is 12.1 Å². The van der Waals surface area contributed by atoms with Crippen molar-refractivity contribution in [2.45, 2.75) is 33.8 Å². The van der Waals surface area contributed by atoms with Crippen LogP contribution in [0.2, 0.25) is 0 Å². The molecule has 0 aliphatic heterocycles. The van der Waals surface area contributed by atoms with Crippen molar-refractivity contribution in [2.75, 3.05) is 5.32 Å². The van der Waals surface area contributed by atoms with Gasteiger partial charge in [0.15, 0.2) is 6.10 Å².